The van der Waals surface area contributed by atoms with E-state index in [0.717, 1.165) is 16.3 Å². The van der Waals surface area contributed by atoms with Gasteiger partial charge in [0.25, 0.3) is 0 Å². The predicted molar refractivity (Wildman–Crippen MR) is 71.2 cm³/mol. The topological polar surface area (TPSA) is 3.24 Å². The molecule has 4 heteroatoms. The minimum absolute atomic E-state index is 0.396. The molecule has 0 aliphatic rings. The summed E-state index contributed by atoms with van der Waals surface area (Å²) in [5, 5.41) is 2.24. The molecule has 0 unspecified atom stereocenters. The highest BCUT2D eigenvalue weighted by Gasteiger charge is 2.28. The van der Waals surface area contributed by atoms with Gasteiger partial charge in [0.1, 0.15) is 0 Å². The second-order valence-corrected chi connectivity index (χ2v) is 4.74. The van der Waals surface area contributed by atoms with Gasteiger partial charge in [-0.15, -0.1) is 0 Å². The summed E-state index contributed by atoms with van der Waals surface area (Å²) in [5.41, 5.74) is 1.09. The molecule has 0 bridgehead atoms. The van der Waals surface area contributed by atoms with Crippen molar-refractivity contribution in [3.8, 4) is 0 Å². The van der Waals surface area contributed by atoms with Gasteiger partial charge in [-0.05, 0) is 29.8 Å². The van der Waals surface area contributed by atoms with Gasteiger partial charge in [-0.3, -0.25) is 4.90 Å². The molecule has 0 heterocycles. The summed E-state index contributed by atoms with van der Waals surface area (Å²) in [6.07, 6.45) is -3.51. The van der Waals surface area contributed by atoms with Gasteiger partial charge in [0.05, 0.1) is 6.54 Å². The van der Waals surface area contributed by atoms with E-state index in [1.807, 2.05) is 42.5 Å². The molecule has 0 radical (unpaired) electrons. The van der Waals surface area contributed by atoms with Crippen LogP contribution >= 0.6 is 0 Å². The van der Waals surface area contributed by atoms with Gasteiger partial charge in [0.2, 0.25) is 0 Å². The van der Waals surface area contributed by atoms with Crippen molar-refractivity contribution < 1.29 is 13.2 Å². The molecule has 0 aliphatic carbocycles. The van der Waals surface area contributed by atoms with Crippen molar-refractivity contribution >= 4 is 10.8 Å². The highest BCUT2D eigenvalue weighted by Crippen LogP contribution is 2.20. The van der Waals surface area contributed by atoms with Gasteiger partial charge in [-0.25, -0.2) is 0 Å². The number of nitrogens with zero attached hydrogens (tertiary/aromatic N) is 1. The molecule has 0 saturated heterocycles. The Bertz CT molecular complexity index is 543. The molecule has 0 fully saturated rings. The van der Waals surface area contributed by atoms with Crippen LogP contribution in [0.15, 0.2) is 42.5 Å². The summed E-state index contributed by atoms with van der Waals surface area (Å²) in [4.78, 5) is 1.31. The third-order valence-electron chi connectivity index (χ3n) is 3.09. The predicted octanol–water partition coefficient (Wildman–Crippen LogP) is 3.88. The van der Waals surface area contributed by atoms with Crippen LogP contribution < -0.4 is 0 Å². The Morgan fingerprint density at radius 1 is 1.00 bits per heavy atom. The van der Waals surface area contributed by atoms with Crippen LogP contribution in [0.4, 0.5) is 13.2 Å². The molecule has 0 aromatic heterocycles. The lowest BCUT2D eigenvalue weighted by atomic mass is 10.0. The fourth-order valence-corrected chi connectivity index (χ4v) is 2.21. The molecule has 0 spiro atoms. The van der Waals surface area contributed by atoms with E-state index in [4.69, 9.17) is 0 Å². The maximum atomic E-state index is 12.2. The van der Waals surface area contributed by atoms with Crippen LogP contribution in [0.25, 0.3) is 10.8 Å². The van der Waals surface area contributed by atoms with Crippen molar-refractivity contribution in [2.24, 2.45) is 0 Å². The summed E-state index contributed by atoms with van der Waals surface area (Å²) in [6, 6.07) is 13.9. The van der Waals surface area contributed by atoms with E-state index >= 15 is 0 Å². The molecule has 2 rings (SSSR count). The third kappa shape index (κ3) is 3.96. The van der Waals surface area contributed by atoms with E-state index in [1.54, 1.807) is 0 Å². The first-order valence-electron chi connectivity index (χ1n) is 6.18. The molecule has 19 heavy (non-hydrogen) atoms. The summed E-state index contributed by atoms with van der Waals surface area (Å²) in [7, 11) is 1.50. The molecular formula is C15H16F3N. The number of hydrogen-bond donors (Lipinski definition) is 0. The minimum Gasteiger partial charge on any atom is -0.298 e. The smallest absolute Gasteiger partial charge is 0.298 e. The fraction of sp³-hybridized carbons (Fsp3) is 0.333. The molecular weight excluding hydrogens is 251 g/mol. The van der Waals surface area contributed by atoms with E-state index in [0.29, 0.717) is 13.0 Å². The Labute approximate surface area is 110 Å². The fourth-order valence-electron chi connectivity index (χ4n) is 2.21. The van der Waals surface area contributed by atoms with Crippen LogP contribution in [0.5, 0.6) is 0 Å². The molecule has 0 aliphatic heterocycles. The normalized spacial score (nSPS) is 12.3. The Kier molecular flexibility index (Phi) is 4.10. The number of likely N-dealkylation sites (N-methyl/N-ethyl adjacent to an activating group) is 1. The average molecular weight is 267 g/mol. The summed E-state index contributed by atoms with van der Waals surface area (Å²) >= 11 is 0. The van der Waals surface area contributed by atoms with Crippen molar-refractivity contribution in [1.29, 1.82) is 0 Å². The van der Waals surface area contributed by atoms with Crippen molar-refractivity contribution in [1.82, 2.24) is 4.90 Å². The van der Waals surface area contributed by atoms with E-state index in [-0.39, 0.29) is 0 Å². The quantitative estimate of drug-likeness (QED) is 0.812. The number of rotatable bonds is 4. The highest BCUT2D eigenvalue weighted by molar-refractivity contribution is 5.85. The molecule has 2 aromatic rings. The van der Waals surface area contributed by atoms with Crippen molar-refractivity contribution in [3.63, 3.8) is 0 Å². The summed E-state index contributed by atoms with van der Waals surface area (Å²) in [6.45, 7) is -0.467. The van der Waals surface area contributed by atoms with Crippen LogP contribution in [0, 0.1) is 0 Å². The lowest BCUT2D eigenvalue weighted by molar-refractivity contribution is -0.142. The molecule has 0 amide bonds. The SMILES string of the molecule is CN(CCc1cccc2ccccc12)CC(F)(F)F. The van der Waals surface area contributed by atoms with E-state index in [9.17, 15) is 13.2 Å². The van der Waals surface area contributed by atoms with Crippen LogP contribution in [0.3, 0.4) is 0 Å². The molecule has 2 aromatic carbocycles. The highest BCUT2D eigenvalue weighted by atomic mass is 19.4. The first-order valence-corrected chi connectivity index (χ1v) is 6.18. The van der Waals surface area contributed by atoms with Gasteiger partial charge in [-0.2, -0.15) is 13.2 Å². The van der Waals surface area contributed by atoms with E-state index < -0.39 is 12.7 Å². The van der Waals surface area contributed by atoms with E-state index in [1.165, 1.54) is 11.9 Å². The Hall–Kier alpha value is -1.55. The second kappa shape index (κ2) is 5.61. The maximum absolute atomic E-state index is 12.2. The van der Waals surface area contributed by atoms with Gasteiger partial charge in [0, 0.05) is 6.54 Å². The monoisotopic (exact) mass is 267 g/mol. The molecule has 1 nitrogen and oxygen atoms in total. The third-order valence-corrected chi connectivity index (χ3v) is 3.09. The van der Waals surface area contributed by atoms with Crippen LogP contribution in [-0.2, 0) is 6.42 Å². The maximum Gasteiger partial charge on any atom is 0.401 e. The number of halogens is 3. The summed E-state index contributed by atoms with van der Waals surface area (Å²) < 4.78 is 36.7. The zero-order valence-corrected chi connectivity index (χ0v) is 10.7. The largest absolute Gasteiger partial charge is 0.401 e. The van der Waals surface area contributed by atoms with E-state index in [2.05, 4.69) is 0 Å². The first kappa shape index (κ1) is 13.9. The average Bonchev–Trinajstić information content (AvgIpc) is 2.34. The Morgan fingerprint density at radius 3 is 2.42 bits per heavy atom. The van der Waals surface area contributed by atoms with Crippen molar-refractivity contribution in [2.45, 2.75) is 12.6 Å². The summed E-state index contributed by atoms with van der Waals surface area (Å²) in [5.74, 6) is 0. The minimum atomic E-state index is -4.13. The second-order valence-electron chi connectivity index (χ2n) is 4.74. The zero-order chi connectivity index (χ0) is 13.9. The number of alkyl halides is 3. The molecule has 0 atom stereocenters. The first-order chi connectivity index (χ1) is 8.96. The lowest BCUT2D eigenvalue weighted by Crippen LogP contribution is -2.32. The molecule has 0 saturated carbocycles. The van der Waals surface area contributed by atoms with Crippen LogP contribution in [-0.4, -0.2) is 31.2 Å². The van der Waals surface area contributed by atoms with Crippen molar-refractivity contribution in [2.75, 3.05) is 20.1 Å². The zero-order valence-electron chi connectivity index (χ0n) is 10.7. The van der Waals surface area contributed by atoms with Gasteiger partial charge in [-0.1, -0.05) is 42.5 Å². The Morgan fingerprint density at radius 2 is 1.68 bits per heavy atom. The number of fused-ring (bicyclic) bond motifs is 1. The number of hydrogen-bond acceptors (Lipinski definition) is 1. The number of benzene rings is 2. The van der Waals surface area contributed by atoms with Crippen LogP contribution in [0.1, 0.15) is 5.56 Å². The van der Waals surface area contributed by atoms with Gasteiger partial charge >= 0.3 is 6.18 Å². The lowest BCUT2D eigenvalue weighted by Gasteiger charge is -2.18. The van der Waals surface area contributed by atoms with Gasteiger partial charge < -0.3 is 0 Å². The Balaban J connectivity index is 2.06. The van der Waals surface area contributed by atoms with Crippen LogP contribution in [0.2, 0.25) is 0 Å². The van der Waals surface area contributed by atoms with Crippen molar-refractivity contribution in [3.05, 3.63) is 48.0 Å². The molecule has 102 valence electrons. The standard InChI is InChI=1S/C15H16F3N/c1-19(11-15(16,17)18)10-9-13-7-4-6-12-5-2-3-8-14(12)13/h2-8H,9-11H2,1H3. The van der Waals surface area contributed by atoms with Gasteiger partial charge in [0.15, 0.2) is 0 Å². The molecule has 0 N–H and O–H groups in total.